The summed E-state index contributed by atoms with van der Waals surface area (Å²) in [5.41, 5.74) is 5.74. The lowest BCUT2D eigenvalue weighted by molar-refractivity contribution is -0.119. The molecule has 0 radical (unpaired) electrons. The quantitative estimate of drug-likeness (QED) is 0.480. The summed E-state index contributed by atoms with van der Waals surface area (Å²) in [5, 5.41) is 1.94. The standard InChI is InChI=1S/C12H14ClFN2O3S2/c13-8-5-21(18,19)6-10(8)16-12(17)4-20-11-2-1-7(15)3-9(11)14/h1-3,8,10H,4-6,15H2,(H,16,17). The molecule has 9 heteroatoms. The number of rotatable bonds is 4. The summed E-state index contributed by atoms with van der Waals surface area (Å²) in [6.45, 7) is 0. The average Bonchev–Trinajstić information content (AvgIpc) is 2.61. The average molecular weight is 353 g/mol. The van der Waals surface area contributed by atoms with Crippen molar-refractivity contribution in [3.63, 3.8) is 0 Å². The number of anilines is 1. The predicted molar refractivity (Wildman–Crippen MR) is 81.8 cm³/mol. The molecule has 3 N–H and O–H groups in total. The normalized spacial score (nSPS) is 23.9. The van der Waals surface area contributed by atoms with Gasteiger partial charge in [-0.2, -0.15) is 0 Å². The summed E-state index contributed by atoms with van der Waals surface area (Å²) in [6, 6.07) is 3.62. The van der Waals surface area contributed by atoms with E-state index in [9.17, 15) is 17.6 Å². The largest absolute Gasteiger partial charge is 0.399 e. The first kappa shape index (κ1) is 16.4. The van der Waals surface area contributed by atoms with Gasteiger partial charge in [0.1, 0.15) is 5.82 Å². The van der Waals surface area contributed by atoms with Crippen LogP contribution in [0.4, 0.5) is 10.1 Å². The minimum atomic E-state index is -3.20. The summed E-state index contributed by atoms with van der Waals surface area (Å²) in [4.78, 5) is 12.1. The van der Waals surface area contributed by atoms with E-state index >= 15 is 0 Å². The molecule has 21 heavy (non-hydrogen) atoms. The summed E-state index contributed by atoms with van der Waals surface area (Å²) in [7, 11) is -3.20. The number of thioether (sulfide) groups is 1. The SMILES string of the molecule is Nc1ccc(SCC(=O)NC2CS(=O)(=O)CC2Cl)c(F)c1. The molecule has 1 saturated heterocycles. The number of nitrogen functional groups attached to an aromatic ring is 1. The fraction of sp³-hybridized carbons (Fsp3) is 0.417. The Morgan fingerprint density at radius 3 is 2.76 bits per heavy atom. The first-order valence-corrected chi connectivity index (χ1v) is 9.33. The van der Waals surface area contributed by atoms with Crippen molar-refractivity contribution in [1.82, 2.24) is 5.32 Å². The van der Waals surface area contributed by atoms with Crippen molar-refractivity contribution in [1.29, 1.82) is 0 Å². The van der Waals surface area contributed by atoms with Gasteiger partial charge in [0.2, 0.25) is 5.91 Å². The first-order valence-electron chi connectivity index (χ1n) is 6.08. The van der Waals surface area contributed by atoms with Crippen molar-refractivity contribution >= 4 is 44.8 Å². The number of amides is 1. The van der Waals surface area contributed by atoms with Crippen LogP contribution < -0.4 is 11.1 Å². The van der Waals surface area contributed by atoms with Crippen molar-refractivity contribution < 1.29 is 17.6 Å². The van der Waals surface area contributed by atoms with Gasteiger partial charge >= 0.3 is 0 Å². The number of carbonyl (C=O) groups is 1. The number of halogens is 2. The topological polar surface area (TPSA) is 89.3 Å². The second-order valence-corrected chi connectivity index (χ2v) is 8.48. The molecule has 1 aliphatic rings. The van der Waals surface area contributed by atoms with Crippen LogP contribution in [0.25, 0.3) is 0 Å². The number of hydrogen-bond acceptors (Lipinski definition) is 5. The van der Waals surface area contributed by atoms with Crippen molar-refractivity contribution in [2.75, 3.05) is 23.0 Å². The van der Waals surface area contributed by atoms with E-state index in [0.717, 1.165) is 11.8 Å². The Kier molecular flexibility index (Phi) is 5.00. The van der Waals surface area contributed by atoms with Crippen LogP contribution in [0.5, 0.6) is 0 Å². The Bertz CT molecular complexity index is 654. The van der Waals surface area contributed by atoms with E-state index in [0.29, 0.717) is 10.6 Å². The summed E-state index contributed by atoms with van der Waals surface area (Å²) < 4.78 is 36.3. The molecule has 1 aromatic rings. The van der Waals surface area contributed by atoms with E-state index in [1.54, 1.807) is 6.07 Å². The lowest BCUT2D eigenvalue weighted by atomic mass is 10.2. The van der Waals surface area contributed by atoms with Crippen LogP contribution in [0.15, 0.2) is 23.1 Å². The van der Waals surface area contributed by atoms with E-state index in [1.165, 1.54) is 12.1 Å². The van der Waals surface area contributed by atoms with Gasteiger partial charge in [-0.05, 0) is 18.2 Å². The van der Waals surface area contributed by atoms with Gasteiger partial charge in [-0.3, -0.25) is 4.79 Å². The lowest BCUT2D eigenvalue weighted by Gasteiger charge is -2.14. The van der Waals surface area contributed by atoms with Gasteiger partial charge in [-0.1, -0.05) is 0 Å². The number of hydrogen-bond donors (Lipinski definition) is 2. The Morgan fingerprint density at radius 2 is 2.19 bits per heavy atom. The zero-order valence-electron chi connectivity index (χ0n) is 10.9. The van der Waals surface area contributed by atoms with Crippen molar-refractivity contribution in [3.05, 3.63) is 24.0 Å². The third-order valence-electron chi connectivity index (χ3n) is 2.94. The molecule has 1 fully saturated rings. The molecule has 1 heterocycles. The van der Waals surface area contributed by atoms with E-state index < -0.39 is 27.1 Å². The minimum absolute atomic E-state index is 0.0268. The number of benzene rings is 1. The summed E-state index contributed by atoms with van der Waals surface area (Å²) in [5.74, 6) is -1.20. The first-order chi connectivity index (χ1) is 9.77. The van der Waals surface area contributed by atoms with Gasteiger partial charge in [0.05, 0.1) is 28.7 Å². The maximum absolute atomic E-state index is 13.5. The zero-order chi connectivity index (χ0) is 15.6. The van der Waals surface area contributed by atoms with Gasteiger partial charge in [0.15, 0.2) is 9.84 Å². The van der Waals surface area contributed by atoms with Gasteiger partial charge in [0.25, 0.3) is 0 Å². The number of alkyl halides is 1. The molecular weight excluding hydrogens is 339 g/mol. The molecule has 2 atom stereocenters. The fourth-order valence-electron chi connectivity index (χ4n) is 1.96. The molecule has 0 bridgehead atoms. The van der Waals surface area contributed by atoms with Crippen LogP contribution in [-0.2, 0) is 14.6 Å². The van der Waals surface area contributed by atoms with Gasteiger partial charge in [0, 0.05) is 10.6 Å². The van der Waals surface area contributed by atoms with E-state index in [4.69, 9.17) is 17.3 Å². The highest BCUT2D eigenvalue weighted by Crippen LogP contribution is 2.24. The third kappa shape index (κ3) is 4.49. The molecular formula is C12H14ClFN2O3S2. The van der Waals surface area contributed by atoms with Crippen molar-refractivity contribution in [2.24, 2.45) is 0 Å². The van der Waals surface area contributed by atoms with Crippen LogP contribution in [0.1, 0.15) is 0 Å². The van der Waals surface area contributed by atoms with Crippen LogP contribution >= 0.6 is 23.4 Å². The third-order valence-corrected chi connectivity index (χ3v) is 6.37. The molecule has 1 aliphatic heterocycles. The summed E-state index contributed by atoms with van der Waals surface area (Å²) >= 11 is 6.91. The number of nitrogens with one attached hydrogen (secondary N) is 1. The minimum Gasteiger partial charge on any atom is -0.399 e. The molecule has 2 unspecified atom stereocenters. The molecule has 0 aliphatic carbocycles. The number of nitrogens with two attached hydrogens (primary N) is 1. The van der Waals surface area contributed by atoms with Crippen LogP contribution in [0, 0.1) is 5.82 Å². The van der Waals surface area contributed by atoms with Gasteiger partial charge in [-0.25, -0.2) is 12.8 Å². The summed E-state index contributed by atoms with van der Waals surface area (Å²) in [6.07, 6.45) is 0. The maximum Gasteiger partial charge on any atom is 0.230 e. The Labute approximate surface area is 131 Å². The molecule has 0 saturated carbocycles. The lowest BCUT2D eigenvalue weighted by Crippen LogP contribution is -2.41. The van der Waals surface area contributed by atoms with Crippen LogP contribution in [0.2, 0.25) is 0 Å². The second-order valence-electron chi connectivity index (χ2n) is 4.75. The smallest absolute Gasteiger partial charge is 0.230 e. The van der Waals surface area contributed by atoms with E-state index in [1.807, 2.05) is 0 Å². The molecule has 1 aromatic carbocycles. The highest BCUT2D eigenvalue weighted by molar-refractivity contribution is 8.00. The van der Waals surface area contributed by atoms with Crippen molar-refractivity contribution in [3.8, 4) is 0 Å². The van der Waals surface area contributed by atoms with Gasteiger partial charge < -0.3 is 11.1 Å². The second kappa shape index (κ2) is 6.41. The highest BCUT2D eigenvalue weighted by Gasteiger charge is 2.37. The van der Waals surface area contributed by atoms with E-state index in [2.05, 4.69) is 5.32 Å². The molecule has 5 nitrogen and oxygen atoms in total. The molecule has 1 amide bonds. The fourth-order valence-corrected chi connectivity index (χ4v) is 5.24. The molecule has 0 aromatic heterocycles. The van der Waals surface area contributed by atoms with E-state index in [-0.39, 0.29) is 23.2 Å². The molecule has 0 spiro atoms. The Morgan fingerprint density at radius 1 is 1.48 bits per heavy atom. The van der Waals surface area contributed by atoms with Crippen molar-refractivity contribution in [2.45, 2.75) is 16.3 Å². The Balaban J connectivity index is 1.88. The Hall–Kier alpha value is -0.990. The zero-order valence-corrected chi connectivity index (χ0v) is 13.3. The maximum atomic E-state index is 13.5. The monoisotopic (exact) mass is 352 g/mol. The molecule has 116 valence electrons. The van der Waals surface area contributed by atoms with Crippen LogP contribution in [0.3, 0.4) is 0 Å². The predicted octanol–water partition coefficient (Wildman–Crippen LogP) is 1.02. The van der Waals surface area contributed by atoms with Crippen LogP contribution in [-0.4, -0.2) is 43.0 Å². The number of sulfone groups is 1. The molecule has 2 rings (SSSR count). The number of carbonyl (C=O) groups excluding carboxylic acids is 1. The van der Waals surface area contributed by atoms with Gasteiger partial charge in [-0.15, -0.1) is 23.4 Å². The highest BCUT2D eigenvalue weighted by atomic mass is 35.5.